The van der Waals surface area contributed by atoms with Gasteiger partial charge < -0.3 is 29.9 Å². The van der Waals surface area contributed by atoms with Gasteiger partial charge in [-0.25, -0.2) is 19.5 Å². The van der Waals surface area contributed by atoms with Crippen molar-refractivity contribution in [2.45, 2.75) is 69.7 Å². The maximum atomic E-state index is 14.4. The molecule has 4 rings (SSSR count). The zero-order valence-electron chi connectivity index (χ0n) is 21.9. The Kier molecular flexibility index (Phi) is 8.87. The maximum absolute atomic E-state index is 14.4. The second-order valence-corrected chi connectivity index (χ2v) is 11.0. The summed E-state index contributed by atoms with van der Waals surface area (Å²) < 4.78 is 79.0. The minimum absolute atomic E-state index is 0.0103. The quantitative estimate of drug-likeness (QED) is 0.194. The van der Waals surface area contributed by atoms with Gasteiger partial charge in [0.2, 0.25) is 0 Å². The number of aromatic nitrogens is 4. The third kappa shape index (κ3) is 6.77. The van der Waals surface area contributed by atoms with E-state index >= 15 is 0 Å². The van der Waals surface area contributed by atoms with Crippen LogP contribution in [0.25, 0.3) is 11.2 Å². The fourth-order valence-corrected chi connectivity index (χ4v) is 5.67. The largest absolute Gasteiger partial charge is 0.462 e. The summed E-state index contributed by atoms with van der Waals surface area (Å²) in [5.41, 5.74) is 5.84. The molecule has 3 aromatic rings. The van der Waals surface area contributed by atoms with Gasteiger partial charge >= 0.3 is 19.9 Å². The molecule has 1 saturated heterocycles. The molecule has 0 saturated carbocycles. The van der Waals surface area contributed by atoms with Crippen molar-refractivity contribution in [1.29, 1.82) is 0 Å². The predicted octanol–water partition coefficient (Wildman–Crippen LogP) is 2.09. The number of carbonyl (C=O) groups is 1. The summed E-state index contributed by atoms with van der Waals surface area (Å²) in [6.07, 6.45) is -14.9. The molecule has 1 fully saturated rings. The molecule has 41 heavy (non-hydrogen) atoms. The first-order valence-electron chi connectivity index (χ1n) is 12.2. The van der Waals surface area contributed by atoms with Gasteiger partial charge in [0.1, 0.15) is 41.9 Å². The van der Waals surface area contributed by atoms with Gasteiger partial charge in [-0.3, -0.25) is 13.9 Å². The molecule has 1 aromatic carbocycles. The van der Waals surface area contributed by atoms with Crippen molar-refractivity contribution in [2.75, 3.05) is 5.73 Å². The summed E-state index contributed by atoms with van der Waals surface area (Å²) in [4.78, 5) is 24.1. The number of nitrogens with zero attached hydrogens (tertiary/aromatic N) is 4. The van der Waals surface area contributed by atoms with E-state index in [0.29, 0.717) is 0 Å². The Labute approximate surface area is 231 Å². The zero-order chi connectivity index (χ0) is 30.1. The topological polar surface area (TPSA) is 193 Å². The van der Waals surface area contributed by atoms with Crippen molar-refractivity contribution in [2.24, 2.45) is 0 Å². The summed E-state index contributed by atoms with van der Waals surface area (Å²) in [6.45, 7) is 4.28. The molecular weight excluding hydrogens is 576 g/mol. The number of nitrogens with two attached hydrogens (primary N) is 1. The average molecular weight is 604 g/mol. The first-order valence-corrected chi connectivity index (χ1v) is 13.8. The predicted molar refractivity (Wildman–Crippen MR) is 135 cm³/mol. The van der Waals surface area contributed by atoms with Crippen molar-refractivity contribution in [3.63, 3.8) is 0 Å². The number of aliphatic hydroxyl groups is 2. The van der Waals surface area contributed by atoms with Crippen LogP contribution in [0.3, 0.4) is 0 Å². The van der Waals surface area contributed by atoms with Crippen molar-refractivity contribution in [3.05, 3.63) is 43.0 Å². The number of halogens is 3. The Morgan fingerprint density at radius 2 is 1.83 bits per heavy atom. The minimum atomic E-state index is -5.32. The van der Waals surface area contributed by atoms with Gasteiger partial charge in [-0.2, -0.15) is 18.3 Å². The van der Waals surface area contributed by atoms with Gasteiger partial charge in [-0.1, -0.05) is 18.2 Å². The van der Waals surface area contributed by atoms with Gasteiger partial charge in [0, 0.05) is 0 Å². The SMILES string of the molecule is CC(C)OC(=O)[C@H](C)NP(=O)(Oc1ccccc1)O[C@H]([C@H]1O[C@@H](n2cnc3c(N)ncnc32)[C@H](O)[C@@H]1O)C(F)(F)F. The monoisotopic (exact) mass is 604 g/mol. The molecule has 1 unspecified atom stereocenters. The standard InChI is InChI=1S/C23H28F3N6O8P/c1-11(2)37-22(35)12(3)31-41(36,39-13-7-5-4-6-8-13)40-18(23(24,25)26)17-15(33)16(34)21(38-17)32-10-30-14-19(27)28-9-29-20(14)32/h4-12,15-18,21,33-34H,1-3H3,(H,31,36)(H2,27,28,29)/t12-,15-,16+,17-,18+,21+,41?/m0/s1. The van der Waals surface area contributed by atoms with Gasteiger partial charge in [-0.15, -0.1) is 0 Å². The Bertz CT molecular complexity index is 1410. The van der Waals surface area contributed by atoms with Crippen LogP contribution in [0.15, 0.2) is 43.0 Å². The number of hydrogen-bond acceptors (Lipinski definition) is 12. The van der Waals surface area contributed by atoms with E-state index in [4.69, 9.17) is 24.3 Å². The second-order valence-electron chi connectivity index (χ2n) is 9.36. The molecule has 1 aliphatic heterocycles. The van der Waals surface area contributed by atoms with E-state index in [-0.39, 0.29) is 22.7 Å². The maximum Gasteiger partial charge on any atom is 0.460 e. The summed E-state index contributed by atoms with van der Waals surface area (Å²) in [7, 11) is -5.07. The lowest BCUT2D eigenvalue weighted by molar-refractivity contribution is -0.237. The van der Waals surface area contributed by atoms with Gasteiger partial charge in [0.25, 0.3) is 0 Å². The number of anilines is 1. The van der Waals surface area contributed by atoms with Crippen molar-refractivity contribution in [3.8, 4) is 5.75 Å². The Morgan fingerprint density at radius 3 is 2.46 bits per heavy atom. The van der Waals surface area contributed by atoms with E-state index in [1.54, 1.807) is 19.9 Å². The van der Waals surface area contributed by atoms with E-state index in [9.17, 15) is 32.7 Å². The fourth-order valence-electron chi connectivity index (χ4n) is 4.00. The van der Waals surface area contributed by atoms with E-state index < -0.39 is 62.7 Å². The average Bonchev–Trinajstić information content (AvgIpc) is 3.44. The number of esters is 1. The number of alkyl halides is 3. The van der Waals surface area contributed by atoms with Crippen LogP contribution in [0.4, 0.5) is 19.0 Å². The normalized spacial score (nSPS) is 24.2. The van der Waals surface area contributed by atoms with Crippen molar-refractivity contribution in [1.82, 2.24) is 24.6 Å². The smallest absolute Gasteiger partial charge is 0.460 e. The molecule has 0 radical (unpaired) electrons. The lowest BCUT2D eigenvalue weighted by Crippen LogP contribution is -2.49. The van der Waals surface area contributed by atoms with Crippen molar-refractivity contribution >= 4 is 30.7 Å². The number of nitrogen functional groups attached to an aromatic ring is 1. The third-order valence-electron chi connectivity index (χ3n) is 5.84. The molecule has 0 spiro atoms. The highest BCUT2D eigenvalue weighted by Gasteiger charge is 2.59. The highest BCUT2D eigenvalue weighted by molar-refractivity contribution is 7.52. The summed E-state index contributed by atoms with van der Waals surface area (Å²) >= 11 is 0. The number of fused-ring (bicyclic) bond motifs is 1. The molecule has 224 valence electrons. The lowest BCUT2D eigenvalue weighted by Gasteiger charge is -2.31. The van der Waals surface area contributed by atoms with Crippen LogP contribution in [-0.2, 0) is 23.4 Å². The summed E-state index contributed by atoms with van der Waals surface area (Å²) in [5.74, 6) is -1.13. The van der Waals surface area contributed by atoms with Crippen molar-refractivity contribution < 1.29 is 51.3 Å². The first kappa shape index (κ1) is 30.6. The number of hydrogen-bond donors (Lipinski definition) is 4. The number of nitrogens with one attached hydrogen (secondary N) is 1. The molecule has 1 aliphatic rings. The summed E-state index contributed by atoms with van der Waals surface area (Å²) in [6, 6.07) is 5.67. The molecule has 14 nitrogen and oxygen atoms in total. The van der Waals surface area contributed by atoms with Gasteiger partial charge in [0.05, 0.1) is 12.4 Å². The highest BCUT2D eigenvalue weighted by Crippen LogP contribution is 2.51. The highest BCUT2D eigenvalue weighted by atomic mass is 31.2. The number of aliphatic hydroxyl groups excluding tert-OH is 2. The van der Waals surface area contributed by atoms with Crippen LogP contribution >= 0.6 is 7.75 Å². The van der Waals surface area contributed by atoms with Crippen LogP contribution < -0.4 is 15.3 Å². The van der Waals surface area contributed by atoms with E-state index in [2.05, 4.69) is 20.0 Å². The second kappa shape index (κ2) is 11.9. The van der Waals surface area contributed by atoms with E-state index in [1.165, 1.54) is 31.2 Å². The summed E-state index contributed by atoms with van der Waals surface area (Å²) in [5, 5.41) is 23.5. The van der Waals surface area contributed by atoms with E-state index in [0.717, 1.165) is 17.2 Å². The first-order chi connectivity index (χ1) is 19.2. The molecule has 0 aliphatic carbocycles. The third-order valence-corrected chi connectivity index (χ3v) is 7.50. The van der Waals surface area contributed by atoms with Crippen LogP contribution in [0.2, 0.25) is 0 Å². The van der Waals surface area contributed by atoms with Gasteiger partial charge in [-0.05, 0) is 32.9 Å². The molecule has 5 N–H and O–H groups in total. The van der Waals surface area contributed by atoms with E-state index in [1.807, 2.05) is 0 Å². The lowest BCUT2D eigenvalue weighted by atomic mass is 10.1. The molecular formula is C23H28F3N6O8P. The Hall–Kier alpha value is -3.34. The van der Waals surface area contributed by atoms with Crippen LogP contribution in [-0.4, -0.2) is 78.4 Å². The number of ether oxygens (including phenoxy) is 2. The van der Waals surface area contributed by atoms with Crippen LogP contribution in [0, 0.1) is 0 Å². The number of benzene rings is 1. The number of carbonyl (C=O) groups excluding carboxylic acids is 1. The number of para-hydroxylation sites is 1. The number of rotatable bonds is 10. The molecule has 18 heteroatoms. The number of imidazole rings is 1. The molecule has 2 aromatic heterocycles. The molecule has 7 atom stereocenters. The Morgan fingerprint density at radius 1 is 1.15 bits per heavy atom. The fraction of sp³-hybridized carbons (Fsp3) is 0.478. The molecule has 0 bridgehead atoms. The van der Waals surface area contributed by atoms with Crippen LogP contribution in [0.1, 0.15) is 27.0 Å². The van der Waals surface area contributed by atoms with Crippen LogP contribution in [0.5, 0.6) is 5.75 Å². The zero-order valence-corrected chi connectivity index (χ0v) is 22.8. The Balaban J connectivity index is 1.66. The van der Waals surface area contributed by atoms with Gasteiger partial charge in [0.15, 0.2) is 23.8 Å². The molecule has 3 heterocycles. The molecule has 0 amide bonds. The minimum Gasteiger partial charge on any atom is -0.462 e.